The molecule has 0 saturated heterocycles. The average molecular weight is 277 g/mol. The van der Waals surface area contributed by atoms with E-state index >= 15 is 0 Å². The fraction of sp³-hybridized carbons (Fsp3) is 0.214. The smallest absolute Gasteiger partial charge is 0.251 e. The first-order chi connectivity index (χ1) is 9.08. The quantitative estimate of drug-likeness (QED) is 0.802. The van der Waals surface area contributed by atoms with Gasteiger partial charge in [0.05, 0.1) is 6.10 Å². The van der Waals surface area contributed by atoms with Crippen molar-refractivity contribution in [3.8, 4) is 5.75 Å². The lowest BCUT2D eigenvalue weighted by molar-refractivity contribution is 0.0916. The first kappa shape index (κ1) is 13.6. The Morgan fingerprint density at radius 2 is 2.21 bits per heavy atom. The molecule has 1 atom stereocenters. The maximum atomic E-state index is 11.9. The van der Waals surface area contributed by atoms with E-state index in [0.717, 1.165) is 11.1 Å². The molecule has 3 N–H and O–H groups in total. The highest BCUT2D eigenvalue weighted by Gasteiger charge is 2.12. The van der Waals surface area contributed by atoms with Crippen molar-refractivity contribution < 1.29 is 15.0 Å². The molecule has 1 heterocycles. The van der Waals surface area contributed by atoms with Gasteiger partial charge in [-0.3, -0.25) is 4.79 Å². The molecule has 0 spiro atoms. The van der Waals surface area contributed by atoms with Crippen molar-refractivity contribution >= 4 is 17.2 Å². The van der Waals surface area contributed by atoms with Crippen LogP contribution in [0.1, 0.15) is 27.6 Å². The largest absolute Gasteiger partial charge is 0.508 e. The van der Waals surface area contributed by atoms with E-state index in [0.29, 0.717) is 5.56 Å². The van der Waals surface area contributed by atoms with Gasteiger partial charge in [0.2, 0.25) is 0 Å². The summed E-state index contributed by atoms with van der Waals surface area (Å²) in [6.45, 7) is 1.90. The summed E-state index contributed by atoms with van der Waals surface area (Å²) >= 11 is 1.50. The number of benzene rings is 1. The van der Waals surface area contributed by atoms with E-state index in [4.69, 9.17) is 0 Å². The molecule has 19 heavy (non-hydrogen) atoms. The summed E-state index contributed by atoms with van der Waals surface area (Å²) in [6.07, 6.45) is -0.714. The summed E-state index contributed by atoms with van der Waals surface area (Å²) in [4.78, 5) is 11.9. The van der Waals surface area contributed by atoms with Gasteiger partial charge in [0.1, 0.15) is 5.75 Å². The number of hydrogen-bond donors (Lipinski definition) is 3. The predicted octanol–water partition coefficient (Wildman–Crippen LogP) is 2.23. The molecule has 2 aromatic rings. The highest BCUT2D eigenvalue weighted by molar-refractivity contribution is 7.07. The predicted molar refractivity (Wildman–Crippen MR) is 74.5 cm³/mol. The lowest BCUT2D eigenvalue weighted by Crippen LogP contribution is -2.28. The van der Waals surface area contributed by atoms with Crippen LogP contribution in [0.25, 0.3) is 0 Å². The average Bonchev–Trinajstić information content (AvgIpc) is 2.92. The molecule has 0 saturated carbocycles. The Morgan fingerprint density at radius 3 is 2.84 bits per heavy atom. The Morgan fingerprint density at radius 1 is 1.42 bits per heavy atom. The van der Waals surface area contributed by atoms with Gasteiger partial charge in [0, 0.05) is 12.1 Å². The first-order valence-corrected chi connectivity index (χ1v) is 6.80. The van der Waals surface area contributed by atoms with Crippen LogP contribution >= 0.6 is 11.3 Å². The zero-order chi connectivity index (χ0) is 13.8. The van der Waals surface area contributed by atoms with Gasteiger partial charge in [-0.2, -0.15) is 11.3 Å². The van der Waals surface area contributed by atoms with Gasteiger partial charge in [0.15, 0.2) is 0 Å². The Balaban J connectivity index is 1.96. The summed E-state index contributed by atoms with van der Waals surface area (Å²) in [7, 11) is 0. The monoisotopic (exact) mass is 277 g/mol. The Kier molecular flexibility index (Phi) is 4.19. The molecule has 1 aromatic carbocycles. The van der Waals surface area contributed by atoms with Gasteiger partial charge < -0.3 is 15.5 Å². The highest BCUT2D eigenvalue weighted by atomic mass is 32.1. The molecule has 0 fully saturated rings. The molecule has 0 aliphatic heterocycles. The molecule has 0 bridgehead atoms. The zero-order valence-electron chi connectivity index (χ0n) is 10.5. The van der Waals surface area contributed by atoms with Gasteiger partial charge in [-0.1, -0.05) is 6.07 Å². The summed E-state index contributed by atoms with van der Waals surface area (Å²) < 4.78 is 0. The first-order valence-electron chi connectivity index (χ1n) is 5.86. The minimum atomic E-state index is -0.714. The van der Waals surface area contributed by atoms with E-state index in [2.05, 4.69) is 5.32 Å². The van der Waals surface area contributed by atoms with E-state index < -0.39 is 6.10 Å². The number of hydrogen-bond acceptors (Lipinski definition) is 4. The molecule has 0 aliphatic carbocycles. The van der Waals surface area contributed by atoms with Crippen molar-refractivity contribution in [3.05, 3.63) is 51.7 Å². The number of rotatable bonds is 4. The van der Waals surface area contributed by atoms with E-state index in [9.17, 15) is 15.0 Å². The van der Waals surface area contributed by atoms with E-state index in [-0.39, 0.29) is 18.2 Å². The van der Waals surface area contributed by atoms with Gasteiger partial charge >= 0.3 is 0 Å². The van der Waals surface area contributed by atoms with Crippen LogP contribution in [0, 0.1) is 6.92 Å². The molecule has 2 rings (SSSR count). The van der Waals surface area contributed by atoms with Crippen molar-refractivity contribution in [1.29, 1.82) is 0 Å². The molecule has 4 nitrogen and oxygen atoms in total. The molecule has 1 amide bonds. The van der Waals surface area contributed by atoms with Crippen LogP contribution < -0.4 is 5.32 Å². The minimum absolute atomic E-state index is 0.0889. The van der Waals surface area contributed by atoms with Crippen LogP contribution in [0.3, 0.4) is 0 Å². The second-order valence-corrected chi connectivity index (χ2v) is 5.06. The second-order valence-electron chi connectivity index (χ2n) is 4.28. The third-order valence-electron chi connectivity index (χ3n) is 2.86. The number of phenolic OH excluding ortho intramolecular Hbond substituents is 1. The van der Waals surface area contributed by atoms with Gasteiger partial charge in [-0.05, 0) is 47.0 Å². The number of phenols is 1. The topological polar surface area (TPSA) is 69.6 Å². The number of nitrogens with one attached hydrogen (secondary N) is 1. The van der Waals surface area contributed by atoms with E-state index in [1.165, 1.54) is 17.4 Å². The maximum Gasteiger partial charge on any atom is 0.251 e. The third kappa shape index (κ3) is 3.33. The summed E-state index contributed by atoms with van der Waals surface area (Å²) in [6, 6.07) is 6.56. The molecule has 100 valence electrons. The van der Waals surface area contributed by atoms with Crippen LogP contribution in [0.2, 0.25) is 0 Å². The zero-order valence-corrected chi connectivity index (χ0v) is 11.3. The van der Waals surface area contributed by atoms with Crippen LogP contribution in [0.4, 0.5) is 0 Å². The molecule has 5 heteroatoms. The summed E-state index contributed by atoms with van der Waals surface area (Å²) in [5, 5.41) is 25.7. The van der Waals surface area contributed by atoms with Gasteiger partial charge in [-0.25, -0.2) is 0 Å². The van der Waals surface area contributed by atoms with Crippen LogP contribution in [-0.2, 0) is 0 Å². The number of aliphatic hydroxyl groups excluding tert-OH is 1. The van der Waals surface area contributed by atoms with Crippen LogP contribution in [0.15, 0.2) is 35.0 Å². The number of aromatic hydroxyl groups is 1. The van der Waals surface area contributed by atoms with Gasteiger partial charge in [0.25, 0.3) is 5.91 Å². The summed E-state index contributed by atoms with van der Waals surface area (Å²) in [5.41, 5.74) is 1.88. The molecule has 0 aliphatic rings. The number of carbonyl (C=O) groups is 1. The van der Waals surface area contributed by atoms with E-state index in [1.807, 2.05) is 16.8 Å². The number of aryl methyl sites for hydroxylation is 1. The lowest BCUT2D eigenvalue weighted by atomic mass is 10.1. The van der Waals surface area contributed by atoms with Crippen molar-refractivity contribution in [2.45, 2.75) is 13.0 Å². The molecule has 1 aromatic heterocycles. The maximum absolute atomic E-state index is 11.9. The minimum Gasteiger partial charge on any atom is -0.508 e. The van der Waals surface area contributed by atoms with Crippen molar-refractivity contribution in [2.24, 2.45) is 0 Å². The number of aliphatic hydroxyl groups is 1. The molecule has 1 unspecified atom stereocenters. The van der Waals surface area contributed by atoms with E-state index in [1.54, 1.807) is 19.1 Å². The summed E-state index contributed by atoms with van der Waals surface area (Å²) in [5.74, 6) is -0.226. The molecular formula is C14H15NO3S. The fourth-order valence-electron chi connectivity index (χ4n) is 1.62. The number of thiophene rings is 1. The third-order valence-corrected chi connectivity index (χ3v) is 3.56. The van der Waals surface area contributed by atoms with Crippen LogP contribution in [-0.4, -0.2) is 22.7 Å². The fourth-order valence-corrected chi connectivity index (χ4v) is 2.33. The Hall–Kier alpha value is -1.85. The number of carbonyl (C=O) groups excluding carboxylic acids is 1. The van der Waals surface area contributed by atoms with Gasteiger partial charge in [-0.15, -0.1) is 0 Å². The van der Waals surface area contributed by atoms with Crippen molar-refractivity contribution in [1.82, 2.24) is 5.32 Å². The van der Waals surface area contributed by atoms with Crippen molar-refractivity contribution in [3.63, 3.8) is 0 Å². The Bertz CT molecular complexity index is 566. The normalized spacial score (nSPS) is 12.1. The standard InChI is InChI=1S/C14H15NO3S/c1-9-2-3-10(6-12(9)16)14(18)15-7-13(17)11-4-5-19-8-11/h2-6,8,13,16-17H,7H2,1H3,(H,15,18). The molecule has 0 radical (unpaired) electrons. The highest BCUT2D eigenvalue weighted by Crippen LogP contribution is 2.18. The Labute approximate surface area is 115 Å². The van der Waals surface area contributed by atoms with Crippen LogP contribution in [0.5, 0.6) is 5.75 Å². The lowest BCUT2D eigenvalue weighted by Gasteiger charge is -2.11. The van der Waals surface area contributed by atoms with Crippen molar-refractivity contribution in [2.75, 3.05) is 6.54 Å². The number of amides is 1. The molecular weight excluding hydrogens is 262 g/mol. The SMILES string of the molecule is Cc1ccc(C(=O)NCC(O)c2ccsc2)cc1O. The second kappa shape index (κ2) is 5.86.